The summed E-state index contributed by atoms with van der Waals surface area (Å²) in [6.07, 6.45) is 6.27. The predicted octanol–water partition coefficient (Wildman–Crippen LogP) is 4.05. The first-order valence-electron chi connectivity index (χ1n) is 9.72. The summed E-state index contributed by atoms with van der Waals surface area (Å²) in [5.74, 6) is 1.61. The molecule has 0 amide bonds. The van der Waals surface area contributed by atoms with Crippen LogP contribution >= 0.6 is 0 Å². The van der Waals surface area contributed by atoms with Crippen molar-refractivity contribution in [2.75, 3.05) is 14.2 Å². The van der Waals surface area contributed by atoms with Crippen LogP contribution in [0.25, 0.3) is 0 Å². The van der Waals surface area contributed by atoms with E-state index in [1.54, 1.807) is 7.11 Å². The number of nitrogens with one attached hydrogen (secondary N) is 1. The topological polar surface area (TPSA) is 50.4 Å². The van der Waals surface area contributed by atoms with Gasteiger partial charge >= 0.3 is 0 Å². The number of fused-ring (bicyclic) bond motifs is 1. The lowest BCUT2D eigenvalue weighted by atomic mass is 10.0. The van der Waals surface area contributed by atoms with Gasteiger partial charge in [-0.2, -0.15) is 5.10 Å². The number of aromatic nitrogens is 2. The second-order valence-corrected chi connectivity index (χ2v) is 7.60. The predicted molar refractivity (Wildman–Crippen MR) is 108 cm³/mol. The Hall–Kier alpha value is -2.27. The molecule has 1 aliphatic carbocycles. The van der Waals surface area contributed by atoms with Gasteiger partial charge in [0, 0.05) is 24.3 Å². The first-order valence-corrected chi connectivity index (χ1v) is 9.72. The molecule has 27 heavy (non-hydrogen) atoms. The molecule has 3 rings (SSSR count). The van der Waals surface area contributed by atoms with Crippen LogP contribution in [0.4, 0.5) is 0 Å². The fraction of sp³-hybridized carbons (Fsp3) is 0.500. The number of nitrogens with zero attached hydrogens (tertiary/aromatic N) is 2. The van der Waals surface area contributed by atoms with Crippen LogP contribution in [0, 0.1) is 0 Å². The number of methoxy groups -OCH3 is 1. The van der Waals surface area contributed by atoms with Crippen molar-refractivity contribution in [2.45, 2.75) is 58.7 Å². The van der Waals surface area contributed by atoms with Crippen molar-refractivity contribution in [3.8, 4) is 11.5 Å². The first-order chi connectivity index (χ1) is 13.0. The average molecular weight is 370 g/mol. The maximum Gasteiger partial charge on any atom is 0.165 e. The van der Waals surface area contributed by atoms with E-state index >= 15 is 0 Å². The highest BCUT2D eigenvalue weighted by atomic mass is 16.5. The first kappa shape index (κ1) is 19.5. The molecule has 0 bridgehead atoms. The molecule has 0 spiro atoms. The van der Waals surface area contributed by atoms with Crippen molar-refractivity contribution >= 4 is 0 Å². The number of allylic oxidation sites excluding steroid dienone is 1. The number of ether oxygens (including phenoxy) is 2. The van der Waals surface area contributed by atoms with Gasteiger partial charge in [0.05, 0.1) is 18.9 Å². The summed E-state index contributed by atoms with van der Waals surface area (Å²) in [7, 11) is 3.83. The van der Waals surface area contributed by atoms with Crippen molar-refractivity contribution in [3.05, 3.63) is 52.9 Å². The molecule has 0 fully saturated rings. The number of rotatable bonds is 9. The summed E-state index contributed by atoms with van der Waals surface area (Å²) in [6.45, 7) is 9.61. The number of hydrogen-bond acceptors (Lipinski definition) is 4. The minimum absolute atomic E-state index is 0.0951. The van der Waals surface area contributed by atoms with Crippen LogP contribution in [0.1, 0.15) is 48.3 Å². The van der Waals surface area contributed by atoms with Gasteiger partial charge in [-0.3, -0.25) is 10.00 Å². The Morgan fingerprint density at radius 1 is 1.30 bits per heavy atom. The molecule has 0 atom stereocenters. The molecule has 0 unspecified atom stereocenters. The normalized spacial score (nSPS) is 13.3. The smallest absolute Gasteiger partial charge is 0.165 e. The summed E-state index contributed by atoms with van der Waals surface area (Å²) in [5, 5.41) is 7.72. The third-order valence-corrected chi connectivity index (χ3v) is 4.89. The molecule has 1 heterocycles. The lowest BCUT2D eigenvalue weighted by Gasteiger charge is -2.21. The Kier molecular flexibility index (Phi) is 6.22. The average Bonchev–Trinajstić information content (AvgIpc) is 3.22. The second kappa shape index (κ2) is 8.61. The molecule has 1 aromatic carbocycles. The standard InChI is InChI=1S/C22H31N3O2/c1-6-8-17-11-16(12-21(26-5)22(17)27-15(2)3)13-25(4)14-20-18-9-7-10-19(18)23-24-20/h6,11-12,15H,1,7-10,13-14H2,2-5H3,(H,23,24). The van der Waals surface area contributed by atoms with Gasteiger partial charge in [0.25, 0.3) is 0 Å². The monoisotopic (exact) mass is 369 g/mol. The molecule has 1 N–H and O–H groups in total. The molecule has 5 heteroatoms. The summed E-state index contributed by atoms with van der Waals surface area (Å²) in [6, 6.07) is 4.28. The molecule has 0 saturated heterocycles. The van der Waals surface area contributed by atoms with E-state index in [-0.39, 0.29) is 6.10 Å². The van der Waals surface area contributed by atoms with E-state index in [2.05, 4.69) is 40.9 Å². The van der Waals surface area contributed by atoms with E-state index in [1.165, 1.54) is 28.9 Å². The van der Waals surface area contributed by atoms with Crippen molar-refractivity contribution in [1.82, 2.24) is 15.1 Å². The maximum atomic E-state index is 6.02. The minimum Gasteiger partial charge on any atom is -0.493 e. The zero-order valence-electron chi connectivity index (χ0n) is 17.0. The minimum atomic E-state index is 0.0951. The van der Waals surface area contributed by atoms with Crippen molar-refractivity contribution in [1.29, 1.82) is 0 Å². The van der Waals surface area contributed by atoms with Gasteiger partial charge < -0.3 is 9.47 Å². The lowest BCUT2D eigenvalue weighted by Crippen LogP contribution is -2.19. The summed E-state index contributed by atoms with van der Waals surface area (Å²) < 4.78 is 11.6. The van der Waals surface area contributed by atoms with Gasteiger partial charge in [0.2, 0.25) is 0 Å². The number of H-pyrrole nitrogens is 1. The van der Waals surface area contributed by atoms with Gasteiger partial charge in [-0.25, -0.2) is 0 Å². The van der Waals surface area contributed by atoms with Crippen molar-refractivity contribution < 1.29 is 9.47 Å². The van der Waals surface area contributed by atoms with Gasteiger partial charge in [0.15, 0.2) is 11.5 Å². The number of aromatic amines is 1. The number of hydrogen-bond donors (Lipinski definition) is 1. The highest BCUT2D eigenvalue weighted by Crippen LogP contribution is 2.35. The van der Waals surface area contributed by atoms with Crippen molar-refractivity contribution in [3.63, 3.8) is 0 Å². The molecule has 2 aromatic rings. The van der Waals surface area contributed by atoms with Gasteiger partial charge in [0.1, 0.15) is 0 Å². The molecular formula is C22H31N3O2. The highest BCUT2D eigenvalue weighted by molar-refractivity contribution is 5.50. The van der Waals surface area contributed by atoms with Gasteiger partial charge in [-0.05, 0) is 63.8 Å². The van der Waals surface area contributed by atoms with Gasteiger partial charge in [-0.1, -0.05) is 12.1 Å². The van der Waals surface area contributed by atoms with Gasteiger partial charge in [-0.15, -0.1) is 6.58 Å². The molecule has 5 nitrogen and oxygen atoms in total. The Bertz CT molecular complexity index is 795. The Morgan fingerprint density at radius 2 is 2.11 bits per heavy atom. The maximum absolute atomic E-state index is 6.02. The Morgan fingerprint density at radius 3 is 2.81 bits per heavy atom. The van der Waals surface area contributed by atoms with Crippen LogP contribution < -0.4 is 9.47 Å². The second-order valence-electron chi connectivity index (χ2n) is 7.60. The van der Waals surface area contributed by atoms with Crippen LogP contribution in [0.15, 0.2) is 24.8 Å². The highest BCUT2D eigenvalue weighted by Gasteiger charge is 2.20. The fourth-order valence-corrected chi connectivity index (χ4v) is 3.78. The third kappa shape index (κ3) is 4.53. The Labute approximate surface area is 162 Å². The zero-order valence-corrected chi connectivity index (χ0v) is 17.0. The van der Waals surface area contributed by atoms with Crippen LogP contribution in [-0.4, -0.2) is 35.4 Å². The third-order valence-electron chi connectivity index (χ3n) is 4.89. The van der Waals surface area contributed by atoms with Crippen LogP contribution in [0.3, 0.4) is 0 Å². The largest absolute Gasteiger partial charge is 0.493 e. The van der Waals surface area contributed by atoms with Crippen LogP contribution in [0.5, 0.6) is 11.5 Å². The van der Waals surface area contributed by atoms with E-state index in [1.807, 2.05) is 19.9 Å². The van der Waals surface area contributed by atoms with E-state index in [4.69, 9.17) is 9.47 Å². The molecule has 0 saturated carbocycles. The molecular weight excluding hydrogens is 338 g/mol. The molecule has 1 aromatic heterocycles. The molecule has 0 aliphatic heterocycles. The van der Waals surface area contributed by atoms with E-state index in [9.17, 15) is 0 Å². The molecule has 146 valence electrons. The molecule has 0 radical (unpaired) electrons. The number of aryl methyl sites for hydroxylation is 1. The summed E-state index contributed by atoms with van der Waals surface area (Å²) >= 11 is 0. The molecule has 1 aliphatic rings. The Balaban J connectivity index is 1.78. The van der Waals surface area contributed by atoms with E-state index in [0.29, 0.717) is 0 Å². The summed E-state index contributed by atoms with van der Waals surface area (Å²) in [4.78, 5) is 2.30. The SMILES string of the molecule is C=CCc1cc(CN(C)Cc2n[nH]c3c2CCC3)cc(OC)c1OC(C)C. The van der Waals surface area contributed by atoms with E-state index in [0.717, 1.165) is 49.4 Å². The number of benzene rings is 1. The zero-order chi connectivity index (χ0) is 19.4. The van der Waals surface area contributed by atoms with E-state index < -0.39 is 0 Å². The summed E-state index contributed by atoms with van der Waals surface area (Å²) in [5.41, 5.74) is 6.25. The lowest BCUT2D eigenvalue weighted by molar-refractivity contribution is 0.227. The van der Waals surface area contributed by atoms with Crippen LogP contribution in [0.2, 0.25) is 0 Å². The fourth-order valence-electron chi connectivity index (χ4n) is 3.78. The quantitative estimate of drug-likeness (QED) is 0.678. The van der Waals surface area contributed by atoms with Crippen molar-refractivity contribution in [2.24, 2.45) is 0 Å². The van der Waals surface area contributed by atoms with Crippen LogP contribution in [-0.2, 0) is 32.4 Å².